The first kappa shape index (κ1) is 11.7. The maximum atomic E-state index is 11.6. The van der Waals surface area contributed by atoms with E-state index in [2.05, 4.69) is 20.6 Å². The van der Waals surface area contributed by atoms with Crippen molar-refractivity contribution < 1.29 is 10.2 Å². The molecular formula is C9H15N5O3. The Labute approximate surface area is 96.9 Å². The van der Waals surface area contributed by atoms with Crippen molar-refractivity contribution in [3.63, 3.8) is 0 Å². The van der Waals surface area contributed by atoms with Crippen molar-refractivity contribution in [2.45, 2.75) is 25.2 Å². The number of nitrogens with one attached hydrogen (secondary N) is 3. The third kappa shape index (κ3) is 2.17. The van der Waals surface area contributed by atoms with Crippen molar-refractivity contribution in [1.82, 2.24) is 9.97 Å². The van der Waals surface area contributed by atoms with E-state index >= 15 is 0 Å². The van der Waals surface area contributed by atoms with Crippen LogP contribution in [0.2, 0.25) is 0 Å². The van der Waals surface area contributed by atoms with Gasteiger partial charge in [-0.15, -0.1) is 0 Å². The Morgan fingerprint density at radius 2 is 2.24 bits per heavy atom. The van der Waals surface area contributed by atoms with Crippen LogP contribution in [-0.2, 0) is 0 Å². The lowest BCUT2D eigenvalue weighted by Gasteiger charge is -2.31. The average Bonchev–Trinajstić information content (AvgIpc) is 2.27. The Morgan fingerprint density at radius 1 is 1.53 bits per heavy atom. The number of aromatic nitrogens is 2. The number of hydrogen-bond donors (Lipinski definition) is 6. The number of nitrogens with zero attached hydrogens (tertiary/aromatic N) is 1. The van der Waals surface area contributed by atoms with Crippen LogP contribution in [-0.4, -0.2) is 45.0 Å². The fourth-order valence-electron chi connectivity index (χ4n) is 1.74. The zero-order valence-corrected chi connectivity index (χ0v) is 9.27. The van der Waals surface area contributed by atoms with Crippen LogP contribution in [0.5, 0.6) is 0 Å². The van der Waals surface area contributed by atoms with Gasteiger partial charge in [0.15, 0.2) is 5.82 Å². The van der Waals surface area contributed by atoms with Crippen molar-refractivity contribution in [1.29, 1.82) is 0 Å². The van der Waals surface area contributed by atoms with E-state index in [0.29, 0.717) is 12.4 Å². The Morgan fingerprint density at radius 3 is 2.88 bits per heavy atom. The fourth-order valence-corrected chi connectivity index (χ4v) is 1.74. The van der Waals surface area contributed by atoms with E-state index in [1.165, 1.54) is 6.92 Å². The Bertz CT molecular complexity index is 472. The third-order valence-corrected chi connectivity index (χ3v) is 2.66. The highest BCUT2D eigenvalue weighted by molar-refractivity contribution is 5.67. The van der Waals surface area contributed by atoms with E-state index in [-0.39, 0.29) is 11.6 Å². The molecule has 0 bridgehead atoms. The summed E-state index contributed by atoms with van der Waals surface area (Å²) in [6.45, 7) is 1.82. The summed E-state index contributed by atoms with van der Waals surface area (Å²) >= 11 is 0. The molecule has 0 aliphatic carbocycles. The predicted octanol–water partition coefficient (Wildman–Crippen LogP) is -1.70. The highest BCUT2D eigenvalue weighted by Gasteiger charge is 2.29. The van der Waals surface area contributed by atoms with Gasteiger partial charge in [0.2, 0.25) is 5.95 Å². The molecule has 2 heterocycles. The minimum atomic E-state index is -0.979. The van der Waals surface area contributed by atoms with Gasteiger partial charge in [-0.25, -0.2) is 0 Å². The standard InChI is InChI=1S/C9H15N5O3/c1-3(15)6(16)4-2-11-7-5(12-4)8(17)14-9(10)13-7/h3-4,6,12,15-16H,2H2,1H3,(H4,10,11,13,14,17)/t3-,4-,6-/m1/s1. The van der Waals surface area contributed by atoms with E-state index in [9.17, 15) is 15.0 Å². The van der Waals surface area contributed by atoms with Gasteiger partial charge in [0, 0.05) is 6.54 Å². The summed E-state index contributed by atoms with van der Waals surface area (Å²) in [7, 11) is 0. The molecule has 3 atom stereocenters. The molecule has 94 valence electrons. The van der Waals surface area contributed by atoms with Crippen molar-refractivity contribution in [3.8, 4) is 0 Å². The van der Waals surface area contributed by atoms with Crippen molar-refractivity contribution in [2.24, 2.45) is 0 Å². The van der Waals surface area contributed by atoms with Crippen molar-refractivity contribution in [2.75, 3.05) is 22.9 Å². The number of nitrogen functional groups attached to an aromatic ring is 1. The summed E-state index contributed by atoms with van der Waals surface area (Å²) in [6, 6.07) is -0.464. The van der Waals surface area contributed by atoms with Gasteiger partial charge >= 0.3 is 0 Å². The minimum absolute atomic E-state index is 0.0255. The summed E-state index contributed by atoms with van der Waals surface area (Å²) in [6.07, 6.45) is -1.87. The lowest BCUT2D eigenvalue weighted by Crippen LogP contribution is -2.48. The molecule has 2 rings (SSSR count). The zero-order valence-electron chi connectivity index (χ0n) is 9.27. The molecular weight excluding hydrogens is 226 g/mol. The molecule has 0 amide bonds. The monoisotopic (exact) mass is 241 g/mol. The summed E-state index contributed by atoms with van der Waals surface area (Å²) in [4.78, 5) is 17.9. The van der Waals surface area contributed by atoms with Crippen LogP contribution in [0.15, 0.2) is 4.79 Å². The van der Waals surface area contributed by atoms with E-state index in [1.54, 1.807) is 0 Å². The number of fused-ring (bicyclic) bond motifs is 1. The summed E-state index contributed by atoms with van der Waals surface area (Å²) < 4.78 is 0. The molecule has 1 aromatic rings. The summed E-state index contributed by atoms with van der Waals surface area (Å²) in [5.41, 5.74) is 5.20. The fraction of sp³-hybridized carbons (Fsp3) is 0.556. The molecule has 1 aromatic heterocycles. The van der Waals surface area contributed by atoms with Gasteiger partial charge < -0.3 is 26.6 Å². The number of rotatable bonds is 2. The molecule has 17 heavy (non-hydrogen) atoms. The van der Waals surface area contributed by atoms with Crippen LogP contribution in [0.25, 0.3) is 0 Å². The minimum Gasteiger partial charge on any atom is -0.391 e. The van der Waals surface area contributed by atoms with Gasteiger partial charge in [0.25, 0.3) is 5.56 Å². The first-order chi connectivity index (χ1) is 7.99. The molecule has 1 aliphatic heterocycles. The van der Waals surface area contributed by atoms with Crippen molar-refractivity contribution >= 4 is 17.5 Å². The lowest BCUT2D eigenvalue weighted by atomic mass is 10.0. The molecule has 0 unspecified atom stereocenters. The van der Waals surface area contributed by atoms with Gasteiger partial charge in [0.1, 0.15) is 11.8 Å². The Balaban J connectivity index is 2.27. The van der Waals surface area contributed by atoms with E-state index in [1.807, 2.05) is 0 Å². The van der Waals surface area contributed by atoms with Crippen LogP contribution in [0, 0.1) is 0 Å². The molecule has 1 aliphatic rings. The Kier molecular flexibility index (Phi) is 2.90. The highest BCUT2D eigenvalue weighted by atomic mass is 16.3. The van der Waals surface area contributed by atoms with Gasteiger partial charge in [-0.1, -0.05) is 0 Å². The third-order valence-electron chi connectivity index (χ3n) is 2.66. The van der Waals surface area contributed by atoms with Crippen LogP contribution < -0.4 is 21.9 Å². The van der Waals surface area contributed by atoms with Crippen LogP contribution in [0.1, 0.15) is 6.92 Å². The topological polar surface area (TPSA) is 136 Å². The Hall–Kier alpha value is -1.80. The number of aliphatic hydroxyl groups is 2. The van der Waals surface area contributed by atoms with Gasteiger partial charge in [-0.05, 0) is 6.92 Å². The molecule has 0 spiro atoms. The number of hydrogen-bond acceptors (Lipinski definition) is 7. The molecule has 0 fully saturated rings. The number of aliphatic hydroxyl groups excluding tert-OH is 2. The zero-order chi connectivity index (χ0) is 12.6. The molecule has 0 saturated heterocycles. The molecule has 8 nitrogen and oxygen atoms in total. The molecule has 0 radical (unpaired) electrons. The average molecular weight is 241 g/mol. The maximum absolute atomic E-state index is 11.6. The van der Waals surface area contributed by atoms with Gasteiger partial charge in [0.05, 0.1) is 12.1 Å². The molecule has 7 N–H and O–H groups in total. The summed E-state index contributed by atoms with van der Waals surface area (Å²) in [5.74, 6) is 0.373. The quantitative estimate of drug-likeness (QED) is 0.363. The highest BCUT2D eigenvalue weighted by Crippen LogP contribution is 2.21. The lowest BCUT2D eigenvalue weighted by molar-refractivity contribution is 0.0214. The second-order valence-corrected chi connectivity index (χ2v) is 4.04. The van der Waals surface area contributed by atoms with Crippen LogP contribution in [0.3, 0.4) is 0 Å². The smallest absolute Gasteiger partial charge is 0.277 e. The molecule has 8 heteroatoms. The molecule has 0 aromatic carbocycles. The summed E-state index contributed by atoms with van der Waals surface area (Å²) in [5, 5.41) is 24.7. The maximum Gasteiger partial charge on any atom is 0.277 e. The number of aromatic amines is 1. The first-order valence-corrected chi connectivity index (χ1v) is 5.25. The SMILES string of the molecule is C[C@@H](O)[C@@H](O)[C@H]1CNc2nc(N)[nH]c(=O)c2N1. The normalized spacial score (nSPS) is 21.9. The largest absolute Gasteiger partial charge is 0.391 e. The van der Waals surface area contributed by atoms with Crippen LogP contribution in [0.4, 0.5) is 17.5 Å². The van der Waals surface area contributed by atoms with E-state index < -0.39 is 23.8 Å². The molecule has 0 saturated carbocycles. The van der Waals surface area contributed by atoms with Gasteiger partial charge in [-0.2, -0.15) is 4.98 Å². The number of nitrogens with two attached hydrogens (primary N) is 1. The second kappa shape index (κ2) is 4.22. The van der Waals surface area contributed by atoms with Gasteiger partial charge in [-0.3, -0.25) is 9.78 Å². The first-order valence-electron chi connectivity index (χ1n) is 5.25. The van der Waals surface area contributed by atoms with Crippen LogP contribution >= 0.6 is 0 Å². The number of anilines is 3. The number of H-pyrrole nitrogens is 1. The van der Waals surface area contributed by atoms with Crippen molar-refractivity contribution in [3.05, 3.63) is 10.4 Å². The van der Waals surface area contributed by atoms with E-state index in [4.69, 9.17) is 5.73 Å². The van der Waals surface area contributed by atoms with E-state index in [0.717, 1.165) is 0 Å². The predicted molar refractivity (Wildman–Crippen MR) is 62.9 cm³/mol. The second-order valence-electron chi connectivity index (χ2n) is 4.04.